The van der Waals surface area contributed by atoms with Gasteiger partial charge in [0.05, 0.1) is 26.2 Å². The Bertz CT molecular complexity index is 1480. The lowest BCUT2D eigenvalue weighted by atomic mass is 10.1. The van der Waals surface area contributed by atoms with E-state index in [2.05, 4.69) is 28.9 Å². The minimum absolute atomic E-state index is 0.252. The Morgan fingerprint density at radius 3 is 2.38 bits per heavy atom. The molecule has 4 aromatic rings. The lowest BCUT2D eigenvalue weighted by Gasteiger charge is -2.24. The molecule has 4 rings (SSSR count). The van der Waals surface area contributed by atoms with E-state index in [1.165, 1.54) is 14.2 Å². The van der Waals surface area contributed by atoms with Gasteiger partial charge in [0.25, 0.3) is 0 Å². The molecule has 0 saturated heterocycles. The van der Waals surface area contributed by atoms with Crippen molar-refractivity contribution >= 4 is 49.1 Å². The average molecular weight is 482 g/mol. The number of hydrogen-bond acceptors (Lipinski definition) is 5. The number of ether oxygens (including phenoxy) is 2. The lowest BCUT2D eigenvalue weighted by Crippen LogP contribution is -2.37. The second kappa shape index (κ2) is 9.26. The number of carbonyl (C=O) groups is 1. The number of anilines is 2. The number of rotatable bonds is 8. The van der Waals surface area contributed by atoms with Gasteiger partial charge in [-0.25, -0.2) is 8.42 Å². The molecule has 1 aromatic heterocycles. The number of sulfonamides is 1. The van der Waals surface area contributed by atoms with Crippen molar-refractivity contribution in [2.45, 2.75) is 13.5 Å². The number of carbonyl (C=O) groups excluding carboxylic acids is 1. The third-order valence-corrected chi connectivity index (χ3v) is 6.84. The summed E-state index contributed by atoms with van der Waals surface area (Å²) in [5.74, 6) is 0.325. The maximum atomic E-state index is 12.9. The molecule has 9 heteroatoms. The number of benzene rings is 3. The topological polar surface area (TPSA) is 89.9 Å². The quantitative estimate of drug-likeness (QED) is 0.407. The molecule has 3 aromatic carbocycles. The number of hydrogen-bond donors (Lipinski definition) is 1. The minimum atomic E-state index is -3.77. The van der Waals surface area contributed by atoms with Crippen molar-refractivity contribution in [3.8, 4) is 11.5 Å². The smallest absolute Gasteiger partial charge is 0.245 e. The van der Waals surface area contributed by atoms with E-state index in [9.17, 15) is 13.2 Å². The van der Waals surface area contributed by atoms with Crippen molar-refractivity contribution in [3.63, 3.8) is 0 Å². The van der Waals surface area contributed by atoms with E-state index < -0.39 is 22.5 Å². The molecule has 0 aliphatic heterocycles. The summed E-state index contributed by atoms with van der Waals surface area (Å²) < 4.78 is 38.9. The summed E-state index contributed by atoms with van der Waals surface area (Å²) in [4.78, 5) is 12.9. The average Bonchev–Trinajstić information content (AvgIpc) is 3.14. The molecule has 0 aliphatic carbocycles. The first-order chi connectivity index (χ1) is 16.3. The number of nitrogens with one attached hydrogen (secondary N) is 1. The number of para-hydroxylation sites is 1. The van der Waals surface area contributed by atoms with Crippen LogP contribution in [0.15, 0.2) is 60.7 Å². The second-order valence-corrected chi connectivity index (χ2v) is 9.76. The number of nitrogens with zero attached hydrogens (tertiary/aromatic N) is 2. The molecule has 0 unspecified atom stereocenters. The highest BCUT2D eigenvalue weighted by Crippen LogP contribution is 2.34. The Labute approximate surface area is 198 Å². The van der Waals surface area contributed by atoms with Crippen LogP contribution in [0.5, 0.6) is 11.5 Å². The van der Waals surface area contributed by atoms with Crippen molar-refractivity contribution < 1.29 is 22.7 Å². The summed E-state index contributed by atoms with van der Waals surface area (Å²) in [6.07, 6.45) is 1.05. The van der Waals surface area contributed by atoms with Gasteiger partial charge < -0.3 is 19.4 Å². The van der Waals surface area contributed by atoms with Gasteiger partial charge in [0.15, 0.2) is 0 Å². The normalized spacial score (nSPS) is 11.5. The Kier molecular flexibility index (Phi) is 6.39. The molecule has 0 aliphatic rings. The van der Waals surface area contributed by atoms with Crippen LogP contribution in [0.1, 0.15) is 6.92 Å². The molecule has 34 heavy (non-hydrogen) atoms. The largest absolute Gasteiger partial charge is 0.497 e. The molecule has 1 heterocycles. The standard InChI is InChI=1S/C25H27N3O5S/c1-5-27-21-9-7-6-8-19(21)20-14-17(10-12-22(20)27)26-25(29)16-28(34(4,30)31)23-13-11-18(32-2)15-24(23)33-3/h6-15H,5,16H2,1-4H3,(H,26,29). The zero-order chi connectivity index (χ0) is 24.5. The number of aromatic nitrogens is 1. The van der Waals surface area contributed by atoms with Crippen molar-refractivity contribution in [2.24, 2.45) is 0 Å². The Morgan fingerprint density at radius 2 is 1.71 bits per heavy atom. The zero-order valence-electron chi connectivity index (χ0n) is 19.5. The van der Waals surface area contributed by atoms with Crippen molar-refractivity contribution in [1.82, 2.24) is 4.57 Å². The van der Waals surface area contributed by atoms with E-state index in [0.29, 0.717) is 11.4 Å². The van der Waals surface area contributed by atoms with E-state index in [1.807, 2.05) is 30.3 Å². The third-order valence-electron chi connectivity index (χ3n) is 5.72. The van der Waals surface area contributed by atoms with Crippen LogP contribution >= 0.6 is 0 Å². The number of methoxy groups -OCH3 is 2. The summed E-state index contributed by atoms with van der Waals surface area (Å²) in [7, 11) is -0.836. The van der Waals surface area contributed by atoms with Crippen molar-refractivity contribution in [3.05, 3.63) is 60.7 Å². The fraction of sp³-hybridized carbons (Fsp3) is 0.240. The molecule has 178 valence electrons. The highest BCUT2D eigenvalue weighted by Gasteiger charge is 2.24. The fourth-order valence-corrected chi connectivity index (χ4v) is 5.03. The molecule has 0 atom stereocenters. The Hall–Kier alpha value is -3.72. The van der Waals surface area contributed by atoms with Crippen LogP contribution in [0, 0.1) is 0 Å². The predicted octanol–water partition coefficient (Wildman–Crippen LogP) is 4.24. The molecule has 0 radical (unpaired) electrons. The van der Waals surface area contributed by atoms with Crippen LogP contribution in [0.4, 0.5) is 11.4 Å². The molecule has 8 nitrogen and oxygen atoms in total. The van der Waals surface area contributed by atoms with Gasteiger partial charge in [0.1, 0.15) is 18.0 Å². The van der Waals surface area contributed by atoms with Gasteiger partial charge in [0.2, 0.25) is 15.9 Å². The van der Waals surface area contributed by atoms with Gasteiger partial charge in [-0.15, -0.1) is 0 Å². The molecule has 0 bridgehead atoms. The SMILES string of the molecule is CCn1c2ccccc2c2cc(NC(=O)CN(c3ccc(OC)cc3OC)S(C)(=O)=O)ccc21. The van der Waals surface area contributed by atoms with Gasteiger partial charge in [0, 0.05) is 40.1 Å². The van der Waals surface area contributed by atoms with Gasteiger partial charge in [-0.2, -0.15) is 0 Å². The van der Waals surface area contributed by atoms with Gasteiger partial charge in [-0.05, 0) is 43.3 Å². The lowest BCUT2D eigenvalue weighted by molar-refractivity contribution is -0.114. The summed E-state index contributed by atoms with van der Waals surface area (Å²) in [6.45, 7) is 2.51. The maximum absolute atomic E-state index is 12.9. The first kappa shape index (κ1) is 23.4. The second-order valence-electron chi connectivity index (χ2n) is 7.85. The number of aryl methyl sites for hydroxylation is 1. The number of fused-ring (bicyclic) bond motifs is 3. The van der Waals surface area contributed by atoms with E-state index in [-0.39, 0.29) is 11.4 Å². The van der Waals surface area contributed by atoms with Gasteiger partial charge in [-0.3, -0.25) is 9.10 Å². The van der Waals surface area contributed by atoms with Crippen LogP contribution < -0.4 is 19.1 Å². The zero-order valence-corrected chi connectivity index (χ0v) is 20.3. The molecule has 0 fully saturated rings. The van der Waals surface area contributed by atoms with Crippen LogP contribution in [0.3, 0.4) is 0 Å². The minimum Gasteiger partial charge on any atom is -0.497 e. The predicted molar refractivity (Wildman–Crippen MR) is 135 cm³/mol. The summed E-state index contributed by atoms with van der Waals surface area (Å²) >= 11 is 0. The maximum Gasteiger partial charge on any atom is 0.245 e. The monoisotopic (exact) mass is 481 g/mol. The summed E-state index contributed by atoms with van der Waals surface area (Å²) in [5.41, 5.74) is 3.04. The van der Waals surface area contributed by atoms with Crippen molar-refractivity contribution in [2.75, 3.05) is 36.6 Å². The van der Waals surface area contributed by atoms with Crippen LogP contribution in [-0.2, 0) is 21.4 Å². The summed E-state index contributed by atoms with van der Waals surface area (Å²) in [5, 5.41) is 4.95. The Balaban J connectivity index is 1.65. The molecule has 0 saturated carbocycles. The van der Waals surface area contributed by atoms with E-state index in [4.69, 9.17) is 9.47 Å². The first-order valence-corrected chi connectivity index (χ1v) is 12.6. The van der Waals surface area contributed by atoms with Gasteiger partial charge >= 0.3 is 0 Å². The van der Waals surface area contributed by atoms with E-state index >= 15 is 0 Å². The van der Waals surface area contributed by atoms with Crippen LogP contribution in [-0.4, -0.2) is 45.9 Å². The third kappa shape index (κ3) is 4.38. The fourth-order valence-electron chi connectivity index (χ4n) is 4.18. The first-order valence-electron chi connectivity index (χ1n) is 10.8. The van der Waals surface area contributed by atoms with E-state index in [1.54, 1.807) is 18.2 Å². The molecule has 0 spiro atoms. The molecular weight excluding hydrogens is 454 g/mol. The van der Waals surface area contributed by atoms with Crippen LogP contribution in [0.2, 0.25) is 0 Å². The highest BCUT2D eigenvalue weighted by molar-refractivity contribution is 7.92. The van der Waals surface area contributed by atoms with E-state index in [0.717, 1.165) is 38.9 Å². The molecule has 1 amide bonds. The molecular formula is C25H27N3O5S. The Morgan fingerprint density at radius 1 is 0.971 bits per heavy atom. The highest BCUT2D eigenvalue weighted by atomic mass is 32.2. The number of amides is 1. The van der Waals surface area contributed by atoms with Gasteiger partial charge in [-0.1, -0.05) is 18.2 Å². The van der Waals surface area contributed by atoms with Crippen molar-refractivity contribution in [1.29, 1.82) is 0 Å². The van der Waals surface area contributed by atoms with Crippen LogP contribution in [0.25, 0.3) is 21.8 Å². The molecule has 1 N–H and O–H groups in total. The summed E-state index contributed by atoms with van der Waals surface area (Å²) in [6, 6.07) is 18.6.